The van der Waals surface area contributed by atoms with E-state index in [0.717, 1.165) is 5.56 Å². The average Bonchev–Trinajstić information content (AvgIpc) is 2.52. The summed E-state index contributed by atoms with van der Waals surface area (Å²) >= 11 is 0. The van der Waals surface area contributed by atoms with Crippen LogP contribution in [0.5, 0.6) is 0 Å². The molecule has 4 N–H and O–H groups in total. The lowest BCUT2D eigenvalue weighted by Crippen LogP contribution is -2.48. The van der Waals surface area contributed by atoms with Crippen LogP contribution in [0, 0.1) is 11.8 Å². The van der Waals surface area contributed by atoms with Crippen molar-refractivity contribution in [2.75, 3.05) is 0 Å². The number of Topliss-reactive ketones (excluding diaryl/α,β-unsaturated/α-hetero) is 1. The Morgan fingerprint density at radius 2 is 1.68 bits per heavy atom. The molecule has 1 amide bonds. The average molecular weight is 351 g/mol. The molecule has 1 aromatic rings. The summed E-state index contributed by atoms with van der Waals surface area (Å²) in [7, 11) is 0. The summed E-state index contributed by atoms with van der Waals surface area (Å²) in [5.74, 6) is -2.59. The van der Waals surface area contributed by atoms with E-state index in [4.69, 9.17) is 5.11 Å². The van der Waals surface area contributed by atoms with Gasteiger partial charge in [0.15, 0.2) is 5.78 Å². The standard InChI is InChI=1S/C18H25NO6/c1-11(2)8-13(17(22)23)10-15(20)16(21)14(19-18(24)25)9-12-6-4-3-5-7-12/h3-7,11,13-14,16,19,21H,8-10H2,1-2H3,(H,22,23)(H,24,25). The number of nitrogens with one attached hydrogen (secondary N) is 1. The minimum absolute atomic E-state index is 0.0864. The number of aliphatic hydroxyl groups is 1. The third kappa shape index (κ3) is 7.34. The summed E-state index contributed by atoms with van der Waals surface area (Å²) < 4.78 is 0. The third-order valence-corrected chi connectivity index (χ3v) is 3.87. The molecule has 138 valence electrons. The van der Waals surface area contributed by atoms with Crippen molar-refractivity contribution in [2.24, 2.45) is 11.8 Å². The maximum absolute atomic E-state index is 12.3. The quantitative estimate of drug-likeness (QED) is 0.511. The summed E-state index contributed by atoms with van der Waals surface area (Å²) in [6.45, 7) is 3.70. The molecule has 3 unspecified atom stereocenters. The van der Waals surface area contributed by atoms with Crippen LogP contribution in [0.3, 0.4) is 0 Å². The van der Waals surface area contributed by atoms with Crippen molar-refractivity contribution in [2.45, 2.75) is 45.3 Å². The molecule has 0 fully saturated rings. The van der Waals surface area contributed by atoms with Crippen LogP contribution in [0.4, 0.5) is 4.79 Å². The van der Waals surface area contributed by atoms with E-state index >= 15 is 0 Å². The number of carbonyl (C=O) groups excluding carboxylic acids is 1. The maximum atomic E-state index is 12.3. The second-order valence-electron chi connectivity index (χ2n) is 6.53. The van der Waals surface area contributed by atoms with E-state index in [1.807, 2.05) is 13.8 Å². The highest BCUT2D eigenvalue weighted by molar-refractivity contribution is 5.88. The van der Waals surface area contributed by atoms with E-state index in [1.165, 1.54) is 0 Å². The van der Waals surface area contributed by atoms with Crippen LogP contribution in [0.2, 0.25) is 0 Å². The number of aliphatic hydroxyl groups excluding tert-OH is 1. The SMILES string of the molecule is CC(C)CC(CC(=O)C(O)C(Cc1ccccc1)NC(=O)O)C(=O)O. The molecule has 7 nitrogen and oxygen atoms in total. The van der Waals surface area contributed by atoms with E-state index in [-0.39, 0.29) is 18.8 Å². The van der Waals surface area contributed by atoms with Crippen molar-refractivity contribution in [1.29, 1.82) is 0 Å². The molecule has 0 saturated heterocycles. The predicted octanol–water partition coefficient (Wildman–Crippen LogP) is 1.93. The second kappa shape index (κ2) is 9.78. The molecule has 1 aromatic carbocycles. The van der Waals surface area contributed by atoms with Gasteiger partial charge in [-0.15, -0.1) is 0 Å². The number of ketones is 1. The number of carbonyl (C=O) groups is 3. The Balaban J connectivity index is 2.84. The van der Waals surface area contributed by atoms with Gasteiger partial charge < -0.3 is 20.6 Å². The molecular weight excluding hydrogens is 326 g/mol. The molecule has 0 aliphatic heterocycles. The number of hydrogen-bond donors (Lipinski definition) is 4. The Morgan fingerprint density at radius 3 is 2.16 bits per heavy atom. The number of amides is 1. The first-order valence-electron chi connectivity index (χ1n) is 8.17. The molecule has 0 heterocycles. The largest absolute Gasteiger partial charge is 0.481 e. The molecule has 0 aliphatic carbocycles. The molecule has 0 bridgehead atoms. The van der Waals surface area contributed by atoms with Gasteiger partial charge in [0.2, 0.25) is 0 Å². The van der Waals surface area contributed by atoms with Gasteiger partial charge in [0.05, 0.1) is 12.0 Å². The van der Waals surface area contributed by atoms with Crippen LogP contribution >= 0.6 is 0 Å². The van der Waals surface area contributed by atoms with Gasteiger partial charge in [0.1, 0.15) is 6.10 Å². The normalized spacial score (nSPS) is 14.6. The molecule has 0 radical (unpaired) electrons. The van der Waals surface area contributed by atoms with Crippen molar-refractivity contribution in [3.63, 3.8) is 0 Å². The van der Waals surface area contributed by atoms with Gasteiger partial charge in [-0.25, -0.2) is 4.79 Å². The third-order valence-electron chi connectivity index (χ3n) is 3.87. The monoisotopic (exact) mass is 351 g/mol. The van der Waals surface area contributed by atoms with Crippen LogP contribution in [-0.4, -0.2) is 45.3 Å². The van der Waals surface area contributed by atoms with E-state index in [9.17, 15) is 24.6 Å². The molecule has 0 aliphatic rings. The topological polar surface area (TPSA) is 124 Å². The van der Waals surface area contributed by atoms with Gasteiger partial charge in [-0.3, -0.25) is 9.59 Å². The van der Waals surface area contributed by atoms with Gasteiger partial charge >= 0.3 is 12.1 Å². The fourth-order valence-corrected chi connectivity index (χ4v) is 2.70. The number of rotatable bonds is 10. The fourth-order valence-electron chi connectivity index (χ4n) is 2.70. The highest BCUT2D eigenvalue weighted by Crippen LogP contribution is 2.18. The number of benzene rings is 1. The number of hydrogen-bond acceptors (Lipinski definition) is 4. The lowest BCUT2D eigenvalue weighted by Gasteiger charge is -2.23. The van der Waals surface area contributed by atoms with Gasteiger partial charge in [-0.1, -0.05) is 44.2 Å². The van der Waals surface area contributed by atoms with E-state index in [1.54, 1.807) is 30.3 Å². The summed E-state index contributed by atoms with van der Waals surface area (Å²) in [4.78, 5) is 34.6. The zero-order valence-electron chi connectivity index (χ0n) is 14.4. The van der Waals surface area contributed by atoms with Crippen molar-refractivity contribution < 1.29 is 29.7 Å². The Labute approximate surface area is 146 Å². The highest BCUT2D eigenvalue weighted by atomic mass is 16.4. The van der Waals surface area contributed by atoms with Crippen LogP contribution in [0.15, 0.2) is 30.3 Å². The van der Waals surface area contributed by atoms with Crippen molar-refractivity contribution in [1.82, 2.24) is 5.32 Å². The summed E-state index contributed by atoms with van der Waals surface area (Å²) in [5.41, 5.74) is 0.755. The van der Waals surface area contributed by atoms with Crippen LogP contribution in [-0.2, 0) is 16.0 Å². The zero-order chi connectivity index (χ0) is 19.0. The molecule has 25 heavy (non-hydrogen) atoms. The smallest absolute Gasteiger partial charge is 0.404 e. The van der Waals surface area contributed by atoms with Gasteiger partial charge in [-0.05, 0) is 24.3 Å². The van der Waals surface area contributed by atoms with Crippen molar-refractivity contribution in [3.05, 3.63) is 35.9 Å². The Kier molecular flexibility index (Phi) is 8.07. The first-order chi connectivity index (χ1) is 11.7. The summed E-state index contributed by atoms with van der Waals surface area (Å²) in [6.07, 6.45) is -2.86. The summed E-state index contributed by atoms with van der Waals surface area (Å²) in [6, 6.07) is 7.81. The van der Waals surface area contributed by atoms with E-state index < -0.39 is 35.9 Å². The summed E-state index contributed by atoms with van der Waals surface area (Å²) in [5, 5.41) is 30.6. The van der Waals surface area contributed by atoms with Crippen molar-refractivity contribution >= 4 is 17.8 Å². The van der Waals surface area contributed by atoms with Gasteiger partial charge in [-0.2, -0.15) is 0 Å². The molecule has 1 rings (SSSR count). The Hall–Kier alpha value is -2.41. The minimum Gasteiger partial charge on any atom is -0.481 e. The zero-order valence-corrected chi connectivity index (χ0v) is 14.4. The molecule has 3 atom stereocenters. The fraction of sp³-hybridized carbons (Fsp3) is 0.500. The Morgan fingerprint density at radius 1 is 1.08 bits per heavy atom. The molecule has 0 aromatic heterocycles. The van der Waals surface area contributed by atoms with Crippen molar-refractivity contribution in [3.8, 4) is 0 Å². The van der Waals surface area contributed by atoms with Gasteiger partial charge in [0, 0.05) is 6.42 Å². The second-order valence-corrected chi connectivity index (χ2v) is 6.53. The number of carboxylic acids is 1. The van der Waals surface area contributed by atoms with E-state index in [0.29, 0.717) is 6.42 Å². The first kappa shape index (κ1) is 20.6. The highest BCUT2D eigenvalue weighted by Gasteiger charge is 2.31. The molecule has 0 saturated carbocycles. The molecule has 7 heteroatoms. The maximum Gasteiger partial charge on any atom is 0.404 e. The molecule has 0 spiro atoms. The predicted molar refractivity (Wildman–Crippen MR) is 91.3 cm³/mol. The minimum atomic E-state index is -1.61. The number of aliphatic carboxylic acids is 1. The van der Waals surface area contributed by atoms with E-state index in [2.05, 4.69) is 5.32 Å². The lowest BCUT2D eigenvalue weighted by molar-refractivity contribution is -0.145. The lowest BCUT2D eigenvalue weighted by atomic mass is 9.89. The Bertz CT molecular complexity index is 586. The van der Waals surface area contributed by atoms with Crippen LogP contribution in [0.1, 0.15) is 32.3 Å². The van der Waals surface area contributed by atoms with Crippen LogP contribution < -0.4 is 5.32 Å². The van der Waals surface area contributed by atoms with Crippen LogP contribution in [0.25, 0.3) is 0 Å². The molecular formula is C18H25NO6. The number of carboxylic acid groups (broad SMARTS) is 2. The van der Waals surface area contributed by atoms with Gasteiger partial charge in [0.25, 0.3) is 0 Å². The first-order valence-corrected chi connectivity index (χ1v) is 8.17.